The standard InChI is InChI=1S/C22H24N2O4/c1-15(17-11-12-17)23-21(26)14-28-22(27)18-9-5-6-10-19(18)24-20(25)13-16-7-3-2-4-8-16/h2-10,15,17H,11-14H2,1H3,(H,23,26)(H,24,25). The van der Waals surface area contributed by atoms with Crippen LogP contribution in [0, 0.1) is 5.92 Å². The number of benzene rings is 2. The summed E-state index contributed by atoms with van der Waals surface area (Å²) in [5.74, 6) is -0.675. The molecule has 0 radical (unpaired) electrons. The van der Waals surface area contributed by atoms with Crippen molar-refractivity contribution in [3.8, 4) is 0 Å². The zero-order chi connectivity index (χ0) is 19.9. The van der Waals surface area contributed by atoms with Gasteiger partial charge in [0.25, 0.3) is 5.91 Å². The first-order valence-corrected chi connectivity index (χ1v) is 9.42. The number of carbonyl (C=O) groups is 3. The average Bonchev–Trinajstić information content (AvgIpc) is 3.52. The maximum absolute atomic E-state index is 12.4. The van der Waals surface area contributed by atoms with Crippen LogP contribution in [0.4, 0.5) is 5.69 Å². The molecule has 0 bridgehead atoms. The normalized spacial score (nSPS) is 14.0. The van der Waals surface area contributed by atoms with Crippen LogP contribution in [0.25, 0.3) is 0 Å². The molecule has 2 amide bonds. The van der Waals surface area contributed by atoms with Gasteiger partial charge in [-0.25, -0.2) is 4.79 Å². The lowest BCUT2D eigenvalue weighted by Gasteiger charge is -2.14. The third-order valence-corrected chi connectivity index (χ3v) is 4.68. The Balaban J connectivity index is 1.55. The number of carbonyl (C=O) groups excluding carboxylic acids is 3. The molecule has 1 fully saturated rings. The highest BCUT2D eigenvalue weighted by atomic mass is 16.5. The maximum Gasteiger partial charge on any atom is 0.340 e. The van der Waals surface area contributed by atoms with E-state index in [0.717, 1.165) is 18.4 Å². The summed E-state index contributed by atoms with van der Waals surface area (Å²) >= 11 is 0. The summed E-state index contributed by atoms with van der Waals surface area (Å²) in [6, 6.07) is 16.0. The maximum atomic E-state index is 12.4. The van der Waals surface area contributed by atoms with Crippen LogP contribution >= 0.6 is 0 Å². The number of hydrogen-bond acceptors (Lipinski definition) is 4. The third-order valence-electron chi connectivity index (χ3n) is 4.68. The summed E-state index contributed by atoms with van der Waals surface area (Å²) in [5, 5.41) is 5.58. The zero-order valence-electron chi connectivity index (χ0n) is 15.8. The highest BCUT2D eigenvalue weighted by Gasteiger charge is 2.29. The number of rotatable bonds is 8. The minimum absolute atomic E-state index is 0.0933. The van der Waals surface area contributed by atoms with Gasteiger partial charge in [-0.2, -0.15) is 0 Å². The number of hydrogen-bond donors (Lipinski definition) is 2. The van der Waals surface area contributed by atoms with E-state index in [1.165, 1.54) is 0 Å². The molecule has 3 rings (SSSR count). The SMILES string of the molecule is CC(NC(=O)COC(=O)c1ccccc1NC(=O)Cc1ccccc1)C1CC1. The molecule has 1 unspecified atom stereocenters. The summed E-state index contributed by atoms with van der Waals surface area (Å²) in [4.78, 5) is 36.6. The van der Waals surface area contributed by atoms with E-state index in [0.29, 0.717) is 11.6 Å². The molecule has 1 aliphatic carbocycles. The van der Waals surface area contributed by atoms with Crippen LogP contribution in [0.2, 0.25) is 0 Å². The number of esters is 1. The van der Waals surface area contributed by atoms with Gasteiger partial charge in [0.2, 0.25) is 5.91 Å². The van der Waals surface area contributed by atoms with E-state index in [1.54, 1.807) is 24.3 Å². The first kappa shape index (κ1) is 19.6. The van der Waals surface area contributed by atoms with Gasteiger partial charge in [-0.1, -0.05) is 42.5 Å². The molecule has 0 saturated heterocycles. The molecule has 1 aliphatic rings. The smallest absolute Gasteiger partial charge is 0.340 e. The third kappa shape index (κ3) is 5.67. The van der Waals surface area contributed by atoms with Crippen molar-refractivity contribution in [2.24, 2.45) is 5.92 Å². The van der Waals surface area contributed by atoms with Gasteiger partial charge in [-0.3, -0.25) is 9.59 Å². The molecule has 0 aliphatic heterocycles. The van der Waals surface area contributed by atoms with Crippen molar-refractivity contribution in [2.75, 3.05) is 11.9 Å². The molecular weight excluding hydrogens is 356 g/mol. The molecular formula is C22H24N2O4. The van der Waals surface area contributed by atoms with Gasteiger partial charge in [0.05, 0.1) is 17.7 Å². The average molecular weight is 380 g/mol. The van der Waals surface area contributed by atoms with Crippen molar-refractivity contribution in [1.29, 1.82) is 0 Å². The monoisotopic (exact) mass is 380 g/mol. The molecule has 28 heavy (non-hydrogen) atoms. The summed E-state index contributed by atoms with van der Waals surface area (Å²) < 4.78 is 5.13. The van der Waals surface area contributed by atoms with Gasteiger partial charge >= 0.3 is 5.97 Å². The van der Waals surface area contributed by atoms with E-state index in [-0.39, 0.29) is 36.4 Å². The number of amides is 2. The Bertz CT molecular complexity index is 847. The molecule has 1 saturated carbocycles. The lowest BCUT2D eigenvalue weighted by Crippen LogP contribution is -2.37. The first-order chi connectivity index (χ1) is 13.5. The predicted octanol–water partition coefficient (Wildman–Crippen LogP) is 2.94. The lowest BCUT2D eigenvalue weighted by molar-refractivity contribution is -0.125. The molecule has 2 aromatic carbocycles. The lowest BCUT2D eigenvalue weighted by atomic mass is 10.1. The molecule has 2 N–H and O–H groups in total. The Morgan fingerprint density at radius 1 is 1.00 bits per heavy atom. The van der Waals surface area contributed by atoms with E-state index in [2.05, 4.69) is 10.6 Å². The van der Waals surface area contributed by atoms with Crippen LogP contribution in [0.5, 0.6) is 0 Å². The highest BCUT2D eigenvalue weighted by Crippen LogP contribution is 2.32. The van der Waals surface area contributed by atoms with Gasteiger partial charge in [0, 0.05) is 6.04 Å². The van der Waals surface area contributed by atoms with E-state index in [9.17, 15) is 14.4 Å². The van der Waals surface area contributed by atoms with Gasteiger partial charge in [0.15, 0.2) is 6.61 Å². The summed E-state index contributed by atoms with van der Waals surface area (Å²) in [6.45, 7) is 1.61. The van der Waals surface area contributed by atoms with Gasteiger partial charge in [-0.15, -0.1) is 0 Å². The van der Waals surface area contributed by atoms with Crippen molar-refractivity contribution < 1.29 is 19.1 Å². The minimum atomic E-state index is -0.648. The topological polar surface area (TPSA) is 84.5 Å². The molecule has 0 spiro atoms. The fraction of sp³-hybridized carbons (Fsp3) is 0.318. The van der Waals surface area contributed by atoms with E-state index in [4.69, 9.17) is 4.74 Å². The molecule has 6 nitrogen and oxygen atoms in total. The van der Waals surface area contributed by atoms with Crippen LogP contribution in [0.1, 0.15) is 35.7 Å². The van der Waals surface area contributed by atoms with Crippen molar-refractivity contribution in [2.45, 2.75) is 32.2 Å². The van der Waals surface area contributed by atoms with Crippen molar-refractivity contribution in [3.05, 3.63) is 65.7 Å². The van der Waals surface area contributed by atoms with E-state index in [1.807, 2.05) is 37.3 Å². The van der Waals surface area contributed by atoms with Crippen LogP contribution in [0.15, 0.2) is 54.6 Å². The minimum Gasteiger partial charge on any atom is -0.452 e. The van der Waals surface area contributed by atoms with E-state index >= 15 is 0 Å². The van der Waals surface area contributed by atoms with Gasteiger partial charge in [-0.05, 0) is 43.4 Å². The predicted molar refractivity (Wildman–Crippen MR) is 106 cm³/mol. The second kappa shape index (κ2) is 9.17. The fourth-order valence-electron chi connectivity index (χ4n) is 2.96. The molecule has 6 heteroatoms. The molecule has 0 heterocycles. The largest absolute Gasteiger partial charge is 0.452 e. The van der Waals surface area contributed by atoms with Crippen LogP contribution < -0.4 is 10.6 Å². The second-order valence-electron chi connectivity index (χ2n) is 7.03. The number of anilines is 1. The Hall–Kier alpha value is -3.15. The molecule has 2 aromatic rings. The number of para-hydroxylation sites is 1. The van der Waals surface area contributed by atoms with Crippen LogP contribution in [-0.4, -0.2) is 30.4 Å². The van der Waals surface area contributed by atoms with Crippen molar-refractivity contribution >= 4 is 23.5 Å². The fourth-order valence-corrected chi connectivity index (χ4v) is 2.96. The Kier molecular flexibility index (Phi) is 6.42. The second-order valence-corrected chi connectivity index (χ2v) is 7.03. The van der Waals surface area contributed by atoms with Gasteiger partial charge in [0.1, 0.15) is 0 Å². The molecule has 146 valence electrons. The highest BCUT2D eigenvalue weighted by molar-refractivity contribution is 6.02. The van der Waals surface area contributed by atoms with Crippen LogP contribution in [-0.2, 0) is 20.7 Å². The van der Waals surface area contributed by atoms with Crippen LogP contribution in [0.3, 0.4) is 0 Å². The van der Waals surface area contributed by atoms with E-state index < -0.39 is 5.97 Å². The summed E-state index contributed by atoms with van der Waals surface area (Å²) in [6.07, 6.45) is 2.44. The van der Waals surface area contributed by atoms with Gasteiger partial charge < -0.3 is 15.4 Å². The summed E-state index contributed by atoms with van der Waals surface area (Å²) in [5.41, 5.74) is 1.45. The molecule has 0 aromatic heterocycles. The Labute approximate surface area is 164 Å². The van der Waals surface area contributed by atoms with Crippen molar-refractivity contribution in [3.63, 3.8) is 0 Å². The zero-order valence-corrected chi connectivity index (χ0v) is 15.8. The number of nitrogens with one attached hydrogen (secondary N) is 2. The van der Waals surface area contributed by atoms with Crippen molar-refractivity contribution in [1.82, 2.24) is 5.32 Å². The quantitative estimate of drug-likeness (QED) is 0.690. The Morgan fingerprint density at radius 3 is 2.39 bits per heavy atom. The summed E-state index contributed by atoms with van der Waals surface area (Å²) in [7, 11) is 0. The first-order valence-electron chi connectivity index (χ1n) is 9.42. The molecule has 1 atom stereocenters. The Morgan fingerprint density at radius 2 is 1.68 bits per heavy atom. The number of ether oxygens (including phenoxy) is 1.